The van der Waals surface area contributed by atoms with E-state index >= 15 is 0 Å². The third kappa shape index (κ3) is 1.52. The third-order valence-electron chi connectivity index (χ3n) is 1.96. The number of rotatable bonds is 1. The van der Waals surface area contributed by atoms with Crippen LogP contribution in [0.25, 0.3) is 5.69 Å². The van der Waals surface area contributed by atoms with E-state index in [0.717, 1.165) is 5.69 Å². The molecule has 1 aromatic heterocycles. The van der Waals surface area contributed by atoms with Gasteiger partial charge in [-0.3, -0.25) is 0 Å². The van der Waals surface area contributed by atoms with Gasteiger partial charge in [0.25, 0.3) is 0 Å². The van der Waals surface area contributed by atoms with Crippen LogP contribution in [0.5, 0.6) is 11.5 Å². The molecule has 0 amide bonds. The molecule has 1 N–H and O–H groups in total. The summed E-state index contributed by atoms with van der Waals surface area (Å²) in [6.45, 7) is 0. The molecule has 0 unspecified atom stereocenters. The molecule has 0 saturated carbocycles. The maximum absolute atomic E-state index is 10.9. The van der Waals surface area contributed by atoms with E-state index in [-0.39, 0.29) is 11.5 Å². The van der Waals surface area contributed by atoms with Crippen molar-refractivity contribution < 1.29 is 14.8 Å². The second-order valence-corrected chi connectivity index (χ2v) is 2.93. The molecule has 0 spiro atoms. The molecule has 0 radical (unpaired) electrons. The van der Waals surface area contributed by atoms with Gasteiger partial charge < -0.3 is 10.2 Å². The molecule has 0 saturated heterocycles. The molecule has 14 heavy (non-hydrogen) atoms. The number of nitrogens with zero attached hydrogens (tertiary/aromatic N) is 1. The average Bonchev–Trinajstić information content (AvgIpc) is 2.23. The Kier molecular flexibility index (Phi) is 2.07. The topological polar surface area (TPSA) is 47.2 Å². The Balaban J connectivity index is 2.48. The minimum Gasteiger partial charge on any atom is -0.870 e. The van der Waals surface area contributed by atoms with Gasteiger partial charge in [0.15, 0.2) is 12.4 Å². The van der Waals surface area contributed by atoms with Crippen molar-refractivity contribution in [2.45, 2.75) is 0 Å². The van der Waals surface area contributed by atoms with Crippen molar-refractivity contribution in [3.05, 3.63) is 48.8 Å². The lowest BCUT2D eigenvalue weighted by Gasteiger charge is -2.06. The van der Waals surface area contributed by atoms with Gasteiger partial charge in [-0.1, -0.05) is 17.9 Å². The molecule has 0 aliphatic heterocycles. The normalized spacial score (nSPS) is 10.0. The third-order valence-corrected chi connectivity index (χ3v) is 1.96. The van der Waals surface area contributed by atoms with Crippen LogP contribution in [0.2, 0.25) is 0 Å². The first-order chi connectivity index (χ1) is 6.77. The zero-order chi connectivity index (χ0) is 9.97. The Hall–Kier alpha value is -2.03. The lowest BCUT2D eigenvalue weighted by molar-refractivity contribution is -0.595. The fourth-order valence-corrected chi connectivity index (χ4v) is 1.24. The van der Waals surface area contributed by atoms with Crippen LogP contribution in [-0.4, -0.2) is 5.11 Å². The number of phenolic OH excluding ortho intramolecular Hbond substituents is 1. The molecule has 70 valence electrons. The van der Waals surface area contributed by atoms with Crippen molar-refractivity contribution in [2.75, 3.05) is 0 Å². The Bertz CT molecular complexity index is 440. The smallest absolute Gasteiger partial charge is 0.214 e. The highest BCUT2D eigenvalue weighted by Gasteiger charge is 2.04. The number of hydrogen-bond acceptors (Lipinski definition) is 2. The van der Waals surface area contributed by atoms with Crippen LogP contribution in [-0.2, 0) is 0 Å². The number of phenols is 1. The van der Waals surface area contributed by atoms with Crippen LogP contribution < -0.4 is 9.67 Å². The lowest BCUT2D eigenvalue weighted by Crippen LogP contribution is -2.28. The van der Waals surface area contributed by atoms with E-state index in [9.17, 15) is 10.2 Å². The van der Waals surface area contributed by atoms with Crippen LogP contribution >= 0.6 is 0 Å². The van der Waals surface area contributed by atoms with Crippen LogP contribution in [0.3, 0.4) is 0 Å². The summed E-state index contributed by atoms with van der Waals surface area (Å²) in [6, 6.07) is 10.1. The monoisotopic (exact) mass is 187 g/mol. The number of aromatic hydroxyl groups is 1. The summed E-state index contributed by atoms with van der Waals surface area (Å²) in [4.78, 5) is 0. The van der Waals surface area contributed by atoms with Gasteiger partial charge in [-0.15, -0.1) is 0 Å². The number of hydrogen-bond donors (Lipinski definition) is 1. The zero-order valence-electron chi connectivity index (χ0n) is 7.42. The standard InChI is InChI=1S/C11H9NO2/c13-10-5-4-9(8-11(10)14)12-6-2-1-3-7-12/h1-8H,(H-,13,14). The summed E-state index contributed by atoms with van der Waals surface area (Å²) in [5.74, 6) is -0.580. The molecule has 3 heteroatoms. The van der Waals surface area contributed by atoms with Crippen LogP contribution in [0, 0.1) is 0 Å². The van der Waals surface area contributed by atoms with Crippen molar-refractivity contribution >= 4 is 0 Å². The van der Waals surface area contributed by atoms with Crippen molar-refractivity contribution in [3.8, 4) is 17.2 Å². The quantitative estimate of drug-likeness (QED) is 0.669. The summed E-state index contributed by atoms with van der Waals surface area (Å²) in [7, 11) is 0. The molecule has 1 heterocycles. The predicted molar refractivity (Wildman–Crippen MR) is 49.1 cm³/mol. The van der Waals surface area contributed by atoms with Gasteiger partial charge >= 0.3 is 0 Å². The first kappa shape index (κ1) is 8.56. The van der Waals surface area contributed by atoms with Crippen molar-refractivity contribution in [3.63, 3.8) is 0 Å². The summed E-state index contributed by atoms with van der Waals surface area (Å²) in [6.07, 6.45) is 3.69. The number of benzene rings is 1. The molecule has 0 bridgehead atoms. The van der Waals surface area contributed by atoms with E-state index < -0.39 is 0 Å². The van der Waals surface area contributed by atoms with Crippen molar-refractivity contribution in [2.24, 2.45) is 0 Å². The summed E-state index contributed by atoms with van der Waals surface area (Å²) >= 11 is 0. The van der Waals surface area contributed by atoms with Crippen LogP contribution in [0.4, 0.5) is 0 Å². The molecule has 0 aliphatic rings. The molecule has 3 nitrogen and oxygen atoms in total. The molecule has 0 fully saturated rings. The van der Waals surface area contributed by atoms with E-state index in [1.807, 2.05) is 35.2 Å². The fraction of sp³-hybridized carbons (Fsp3) is 0. The second kappa shape index (κ2) is 3.38. The minimum atomic E-state index is -0.356. The molecule has 2 rings (SSSR count). The van der Waals surface area contributed by atoms with Crippen LogP contribution in [0.1, 0.15) is 0 Å². The van der Waals surface area contributed by atoms with E-state index in [1.54, 1.807) is 6.07 Å². The fourth-order valence-electron chi connectivity index (χ4n) is 1.24. The summed E-state index contributed by atoms with van der Waals surface area (Å²) in [5.41, 5.74) is 0.766. The van der Waals surface area contributed by atoms with E-state index in [0.29, 0.717) is 0 Å². The van der Waals surface area contributed by atoms with E-state index in [1.165, 1.54) is 12.1 Å². The van der Waals surface area contributed by atoms with Gasteiger partial charge in [-0.2, -0.15) is 4.57 Å². The maximum atomic E-state index is 10.9. The highest BCUT2D eigenvalue weighted by Crippen LogP contribution is 2.21. The Labute approximate surface area is 81.5 Å². The maximum Gasteiger partial charge on any atom is 0.214 e. The SMILES string of the molecule is [O-]c1ccc(-[n+]2ccccc2)cc1O. The Morgan fingerprint density at radius 3 is 2.43 bits per heavy atom. The average molecular weight is 187 g/mol. The zero-order valence-corrected chi connectivity index (χ0v) is 7.42. The minimum absolute atomic E-state index is 0.223. The molecule has 0 atom stereocenters. The van der Waals surface area contributed by atoms with E-state index in [2.05, 4.69) is 0 Å². The van der Waals surface area contributed by atoms with Crippen molar-refractivity contribution in [1.29, 1.82) is 0 Å². The Morgan fingerprint density at radius 1 is 1.07 bits per heavy atom. The first-order valence-corrected chi connectivity index (χ1v) is 4.24. The van der Waals surface area contributed by atoms with Gasteiger partial charge in [-0.05, 0) is 0 Å². The highest BCUT2D eigenvalue weighted by atomic mass is 16.3. The van der Waals surface area contributed by atoms with Gasteiger partial charge in [0.05, 0.1) is 6.07 Å². The van der Waals surface area contributed by atoms with Gasteiger partial charge in [0.2, 0.25) is 5.69 Å². The van der Waals surface area contributed by atoms with Gasteiger partial charge in [-0.25, -0.2) is 0 Å². The molecule has 1 aromatic carbocycles. The number of pyridine rings is 1. The summed E-state index contributed by atoms with van der Waals surface area (Å²) in [5, 5.41) is 20.2. The first-order valence-electron chi connectivity index (χ1n) is 4.24. The predicted octanol–water partition coefficient (Wildman–Crippen LogP) is 0.742. The molecular weight excluding hydrogens is 178 g/mol. The Morgan fingerprint density at radius 2 is 1.79 bits per heavy atom. The lowest BCUT2D eigenvalue weighted by atomic mass is 10.2. The van der Waals surface area contributed by atoms with E-state index in [4.69, 9.17) is 0 Å². The second-order valence-electron chi connectivity index (χ2n) is 2.93. The largest absolute Gasteiger partial charge is 0.870 e. The van der Waals surface area contributed by atoms with Gasteiger partial charge in [0.1, 0.15) is 5.75 Å². The number of aromatic nitrogens is 1. The van der Waals surface area contributed by atoms with Gasteiger partial charge in [0, 0.05) is 18.2 Å². The van der Waals surface area contributed by atoms with Crippen LogP contribution in [0.15, 0.2) is 48.8 Å². The summed E-state index contributed by atoms with van der Waals surface area (Å²) < 4.78 is 1.82. The molecule has 0 aliphatic carbocycles. The molecular formula is C11H9NO2. The highest BCUT2D eigenvalue weighted by molar-refractivity contribution is 5.42. The molecule has 2 aromatic rings. The van der Waals surface area contributed by atoms with Crippen molar-refractivity contribution in [1.82, 2.24) is 0 Å².